The van der Waals surface area contributed by atoms with Gasteiger partial charge in [-0.2, -0.15) is 0 Å². The zero-order valence-corrected chi connectivity index (χ0v) is 13.7. The molecule has 1 spiro atoms. The summed E-state index contributed by atoms with van der Waals surface area (Å²) in [4.78, 5) is 9.50. The first kappa shape index (κ1) is 15.6. The van der Waals surface area contributed by atoms with Crippen molar-refractivity contribution in [1.82, 2.24) is 9.80 Å². The van der Waals surface area contributed by atoms with E-state index in [9.17, 15) is 0 Å². The molecule has 4 heteroatoms. The number of aliphatic imine (C=N–C) groups is 1. The van der Waals surface area contributed by atoms with Crippen LogP contribution >= 0.6 is 0 Å². The van der Waals surface area contributed by atoms with Gasteiger partial charge in [-0.05, 0) is 44.2 Å². The Kier molecular flexibility index (Phi) is 4.95. The maximum atomic E-state index is 6.21. The minimum atomic E-state index is 0.212. The predicted octanol–water partition coefficient (Wildman–Crippen LogP) is 2.15. The maximum absolute atomic E-state index is 6.21. The summed E-state index contributed by atoms with van der Waals surface area (Å²) in [5.41, 5.74) is 6.42. The van der Waals surface area contributed by atoms with Crippen molar-refractivity contribution in [2.45, 2.75) is 52.5 Å². The van der Waals surface area contributed by atoms with Crippen LogP contribution in [0.2, 0.25) is 0 Å². The average Bonchev–Trinajstić information content (AvgIpc) is 2.74. The predicted molar refractivity (Wildman–Crippen MR) is 85.9 cm³/mol. The molecule has 0 saturated heterocycles. The van der Waals surface area contributed by atoms with E-state index in [0.717, 1.165) is 44.6 Å². The van der Waals surface area contributed by atoms with Gasteiger partial charge in [0.2, 0.25) is 0 Å². The van der Waals surface area contributed by atoms with Crippen molar-refractivity contribution in [3.63, 3.8) is 0 Å². The van der Waals surface area contributed by atoms with E-state index in [2.05, 4.69) is 42.5 Å². The second kappa shape index (κ2) is 6.33. The Morgan fingerprint density at radius 2 is 2.05 bits per heavy atom. The minimum absolute atomic E-state index is 0.212. The van der Waals surface area contributed by atoms with Crippen LogP contribution in [0, 0.1) is 11.8 Å². The number of likely N-dealkylation sites (N-methyl/N-ethyl adjacent to an activating group) is 1. The molecule has 3 unspecified atom stereocenters. The molecule has 20 heavy (non-hydrogen) atoms. The molecule has 116 valence electrons. The van der Waals surface area contributed by atoms with Crippen LogP contribution < -0.4 is 5.73 Å². The van der Waals surface area contributed by atoms with Gasteiger partial charge in [0.25, 0.3) is 0 Å². The van der Waals surface area contributed by atoms with Crippen molar-refractivity contribution in [2.75, 3.05) is 32.7 Å². The molecular formula is C16H32N4. The number of guanidine groups is 1. The molecule has 0 aromatic heterocycles. The lowest BCUT2D eigenvalue weighted by atomic mass is 9.69. The highest BCUT2D eigenvalue weighted by Gasteiger charge is 2.48. The summed E-state index contributed by atoms with van der Waals surface area (Å²) < 4.78 is 0. The fourth-order valence-corrected chi connectivity index (χ4v) is 4.05. The Morgan fingerprint density at radius 3 is 2.65 bits per heavy atom. The highest BCUT2D eigenvalue weighted by Crippen LogP contribution is 2.43. The average molecular weight is 280 g/mol. The molecule has 2 N–H and O–H groups in total. The quantitative estimate of drug-likeness (QED) is 0.839. The second-order valence-electron chi connectivity index (χ2n) is 6.74. The molecular weight excluding hydrogens is 248 g/mol. The van der Waals surface area contributed by atoms with Crippen molar-refractivity contribution in [1.29, 1.82) is 0 Å². The van der Waals surface area contributed by atoms with Gasteiger partial charge < -0.3 is 15.5 Å². The molecule has 3 atom stereocenters. The van der Waals surface area contributed by atoms with Crippen LogP contribution in [-0.2, 0) is 0 Å². The zero-order chi connectivity index (χ0) is 14.8. The van der Waals surface area contributed by atoms with E-state index in [-0.39, 0.29) is 5.54 Å². The normalized spacial score (nSPS) is 34.0. The van der Waals surface area contributed by atoms with E-state index in [0.29, 0.717) is 5.92 Å². The van der Waals surface area contributed by atoms with Gasteiger partial charge in [0.1, 0.15) is 0 Å². The van der Waals surface area contributed by atoms with E-state index in [4.69, 9.17) is 5.73 Å². The lowest BCUT2D eigenvalue weighted by molar-refractivity contribution is 0.0562. The van der Waals surface area contributed by atoms with E-state index in [1.807, 2.05) is 0 Å². The van der Waals surface area contributed by atoms with Crippen LogP contribution in [0.15, 0.2) is 4.99 Å². The van der Waals surface area contributed by atoms with E-state index >= 15 is 0 Å². The van der Waals surface area contributed by atoms with Crippen LogP contribution in [0.3, 0.4) is 0 Å². The van der Waals surface area contributed by atoms with Crippen LogP contribution in [0.4, 0.5) is 0 Å². The molecule has 4 nitrogen and oxygen atoms in total. The standard InChI is InChI=1S/C16H32N4/c1-5-19(6-2)9-10-20-15(17)18-12-16(20)8-7-13(3)11-14(16)4/h13-14H,5-12H2,1-4H3,(H2,17,18). The van der Waals surface area contributed by atoms with Crippen molar-refractivity contribution in [2.24, 2.45) is 22.6 Å². The molecule has 2 rings (SSSR count). The van der Waals surface area contributed by atoms with Gasteiger partial charge in [-0.1, -0.05) is 27.7 Å². The molecule has 0 aromatic carbocycles. The van der Waals surface area contributed by atoms with Crippen LogP contribution in [0.5, 0.6) is 0 Å². The third kappa shape index (κ3) is 2.80. The highest BCUT2D eigenvalue weighted by molar-refractivity contribution is 5.81. The van der Waals surface area contributed by atoms with E-state index in [1.165, 1.54) is 19.3 Å². The van der Waals surface area contributed by atoms with Crippen molar-refractivity contribution in [3.8, 4) is 0 Å². The van der Waals surface area contributed by atoms with E-state index < -0.39 is 0 Å². The molecule has 1 aliphatic carbocycles. The summed E-state index contributed by atoms with van der Waals surface area (Å²) in [5.74, 6) is 2.31. The largest absolute Gasteiger partial charge is 0.370 e. The highest BCUT2D eigenvalue weighted by atomic mass is 15.4. The Balaban J connectivity index is 2.06. The Labute approximate surface area is 124 Å². The molecule has 2 aliphatic rings. The monoisotopic (exact) mass is 280 g/mol. The van der Waals surface area contributed by atoms with Crippen molar-refractivity contribution in [3.05, 3.63) is 0 Å². The Bertz CT molecular complexity index is 350. The number of rotatable bonds is 5. The van der Waals surface area contributed by atoms with Gasteiger partial charge in [0, 0.05) is 13.1 Å². The minimum Gasteiger partial charge on any atom is -0.370 e. The lowest BCUT2D eigenvalue weighted by Gasteiger charge is -2.48. The van der Waals surface area contributed by atoms with E-state index in [1.54, 1.807) is 0 Å². The van der Waals surface area contributed by atoms with Gasteiger partial charge in [0.15, 0.2) is 5.96 Å². The summed E-state index contributed by atoms with van der Waals surface area (Å²) in [6, 6.07) is 0. The summed E-state index contributed by atoms with van der Waals surface area (Å²) >= 11 is 0. The third-order valence-corrected chi connectivity index (χ3v) is 5.61. The fraction of sp³-hybridized carbons (Fsp3) is 0.938. The molecule has 1 aliphatic heterocycles. The first-order valence-corrected chi connectivity index (χ1v) is 8.33. The number of nitrogens with zero attached hydrogens (tertiary/aromatic N) is 3. The first-order valence-electron chi connectivity index (χ1n) is 8.33. The fourth-order valence-electron chi connectivity index (χ4n) is 4.05. The number of hydrogen-bond acceptors (Lipinski definition) is 4. The van der Waals surface area contributed by atoms with Gasteiger partial charge in [-0.15, -0.1) is 0 Å². The van der Waals surface area contributed by atoms with Crippen LogP contribution in [-0.4, -0.2) is 54.0 Å². The molecule has 1 saturated carbocycles. The number of nitrogens with two attached hydrogens (primary N) is 1. The van der Waals surface area contributed by atoms with Gasteiger partial charge in [0.05, 0.1) is 12.1 Å². The van der Waals surface area contributed by atoms with Crippen molar-refractivity contribution < 1.29 is 0 Å². The maximum Gasteiger partial charge on any atom is 0.191 e. The molecule has 1 heterocycles. The molecule has 0 amide bonds. The van der Waals surface area contributed by atoms with Crippen LogP contribution in [0.25, 0.3) is 0 Å². The van der Waals surface area contributed by atoms with Crippen LogP contribution in [0.1, 0.15) is 47.0 Å². The Morgan fingerprint density at radius 1 is 1.35 bits per heavy atom. The Hall–Kier alpha value is -0.770. The van der Waals surface area contributed by atoms with Gasteiger partial charge >= 0.3 is 0 Å². The summed E-state index contributed by atoms with van der Waals surface area (Å²) in [5, 5.41) is 0. The third-order valence-electron chi connectivity index (χ3n) is 5.61. The molecule has 0 aromatic rings. The zero-order valence-electron chi connectivity index (χ0n) is 13.7. The lowest BCUT2D eigenvalue weighted by Crippen LogP contribution is -2.59. The summed E-state index contributed by atoms with van der Waals surface area (Å²) in [6.07, 6.45) is 3.87. The molecule has 1 fully saturated rings. The topological polar surface area (TPSA) is 44.9 Å². The summed E-state index contributed by atoms with van der Waals surface area (Å²) in [6.45, 7) is 14.5. The van der Waals surface area contributed by atoms with Gasteiger partial charge in [-0.25, -0.2) is 0 Å². The molecule has 0 radical (unpaired) electrons. The summed E-state index contributed by atoms with van der Waals surface area (Å²) in [7, 11) is 0. The van der Waals surface area contributed by atoms with Crippen molar-refractivity contribution >= 4 is 5.96 Å². The smallest absolute Gasteiger partial charge is 0.191 e. The SMILES string of the molecule is CCN(CC)CCN1C(N)=NCC12CCC(C)CC2C. The molecule has 0 bridgehead atoms. The van der Waals surface area contributed by atoms with Gasteiger partial charge in [-0.3, -0.25) is 4.99 Å². The second-order valence-corrected chi connectivity index (χ2v) is 6.74. The first-order chi connectivity index (χ1) is 9.53. The number of hydrogen-bond donors (Lipinski definition) is 1.